The zero-order valence-electron chi connectivity index (χ0n) is 14.4. The Balaban J connectivity index is 1.20. The van der Waals surface area contributed by atoms with Gasteiger partial charge in [-0.1, -0.05) is 24.3 Å². The highest BCUT2D eigenvalue weighted by atomic mass is 16.6. The molecule has 1 N–H and O–H groups in total. The Bertz CT molecular complexity index is 859. The van der Waals surface area contributed by atoms with E-state index in [9.17, 15) is 4.79 Å². The molecule has 2 aromatic rings. The van der Waals surface area contributed by atoms with E-state index in [-0.39, 0.29) is 17.9 Å². The Labute approximate surface area is 151 Å². The molecule has 4 unspecified atom stereocenters. The Kier molecular flexibility index (Phi) is 3.69. The zero-order valence-corrected chi connectivity index (χ0v) is 14.4. The number of para-hydroxylation sites is 2. The van der Waals surface area contributed by atoms with Crippen LogP contribution in [0, 0.1) is 17.8 Å². The van der Waals surface area contributed by atoms with Gasteiger partial charge in [0.15, 0.2) is 17.6 Å². The first-order valence-corrected chi connectivity index (χ1v) is 9.15. The summed E-state index contributed by atoms with van der Waals surface area (Å²) >= 11 is 0. The first kappa shape index (κ1) is 15.5. The average molecular weight is 351 g/mol. The molecule has 0 saturated heterocycles. The maximum absolute atomic E-state index is 12.5. The number of fused-ring (bicyclic) bond motifs is 3. The maximum atomic E-state index is 12.5. The molecule has 1 aliphatic heterocycles. The smallest absolute Gasteiger partial charge is 0.228 e. The molecule has 6 heteroatoms. The second kappa shape index (κ2) is 6.20. The fraction of sp³-hybridized carbons (Fsp3) is 0.400. The summed E-state index contributed by atoms with van der Waals surface area (Å²) in [6, 6.07) is 7.66. The second-order valence-corrected chi connectivity index (χ2v) is 7.32. The molecule has 134 valence electrons. The Morgan fingerprint density at radius 3 is 2.92 bits per heavy atom. The molecule has 5 rings (SSSR count). The highest BCUT2D eigenvalue weighted by molar-refractivity contribution is 5.93. The third-order valence-corrected chi connectivity index (χ3v) is 5.47. The molecule has 1 saturated carbocycles. The lowest BCUT2D eigenvalue weighted by atomic mass is 9.93. The number of nitrogens with one attached hydrogen (secondary N) is 1. The predicted octanol–water partition coefficient (Wildman–Crippen LogP) is 2.87. The summed E-state index contributed by atoms with van der Waals surface area (Å²) in [7, 11) is 0. The SMILES string of the molecule is O=C(Nc1cnn(CC2COc3ccccc3O2)c1)C1CC2C=CC1C2. The van der Waals surface area contributed by atoms with Gasteiger partial charge in [-0.25, -0.2) is 0 Å². The number of carbonyl (C=O) groups excluding carboxylic acids is 1. The van der Waals surface area contributed by atoms with Crippen LogP contribution in [0.15, 0.2) is 48.8 Å². The Hall–Kier alpha value is -2.76. The van der Waals surface area contributed by atoms with Crippen LogP contribution in [-0.4, -0.2) is 28.4 Å². The Morgan fingerprint density at radius 1 is 1.23 bits per heavy atom. The molecule has 0 spiro atoms. The van der Waals surface area contributed by atoms with Gasteiger partial charge in [-0.05, 0) is 36.8 Å². The molecule has 2 heterocycles. The molecule has 26 heavy (non-hydrogen) atoms. The van der Waals surface area contributed by atoms with Crippen LogP contribution in [0.2, 0.25) is 0 Å². The maximum Gasteiger partial charge on any atom is 0.228 e. The number of carbonyl (C=O) groups is 1. The van der Waals surface area contributed by atoms with Crippen LogP contribution in [0.1, 0.15) is 12.8 Å². The minimum Gasteiger partial charge on any atom is -0.486 e. The number of amides is 1. The second-order valence-electron chi connectivity index (χ2n) is 7.32. The van der Waals surface area contributed by atoms with Gasteiger partial charge >= 0.3 is 0 Å². The van der Waals surface area contributed by atoms with Gasteiger partial charge in [0.05, 0.1) is 18.4 Å². The molecule has 2 bridgehead atoms. The summed E-state index contributed by atoms with van der Waals surface area (Å²) in [5, 5.41) is 7.36. The van der Waals surface area contributed by atoms with Gasteiger partial charge in [0.1, 0.15) is 6.61 Å². The summed E-state index contributed by atoms with van der Waals surface area (Å²) < 4.78 is 13.5. The first-order chi connectivity index (χ1) is 12.7. The van der Waals surface area contributed by atoms with Crippen LogP contribution in [0.4, 0.5) is 5.69 Å². The van der Waals surface area contributed by atoms with Crippen molar-refractivity contribution in [2.45, 2.75) is 25.5 Å². The van der Waals surface area contributed by atoms with Crippen LogP contribution in [-0.2, 0) is 11.3 Å². The van der Waals surface area contributed by atoms with E-state index in [0.717, 1.165) is 30.0 Å². The summed E-state index contributed by atoms with van der Waals surface area (Å²) in [5.74, 6) is 2.73. The molecule has 6 nitrogen and oxygen atoms in total. The van der Waals surface area contributed by atoms with Gasteiger partial charge in [-0.2, -0.15) is 5.10 Å². The van der Waals surface area contributed by atoms with Crippen LogP contribution in [0.25, 0.3) is 0 Å². The van der Waals surface area contributed by atoms with Crippen molar-refractivity contribution < 1.29 is 14.3 Å². The number of hydrogen-bond acceptors (Lipinski definition) is 4. The summed E-state index contributed by atoms with van der Waals surface area (Å²) in [6.07, 6.45) is 9.97. The average Bonchev–Trinajstić information content (AvgIpc) is 3.39. The van der Waals surface area contributed by atoms with E-state index >= 15 is 0 Å². The lowest BCUT2D eigenvalue weighted by Gasteiger charge is -2.26. The fourth-order valence-corrected chi connectivity index (χ4v) is 4.21. The minimum absolute atomic E-state index is 0.0972. The van der Waals surface area contributed by atoms with Gasteiger partial charge in [0, 0.05) is 12.1 Å². The lowest BCUT2D eigenvalue weighted by Crippen LogP contribution is -2.33. The molecule has 3 aliphatic rings. The summed E-state index contributed by atoms with van der Waals surface area (Å²) in [6.45, 7) is 1.05. The quantitative estimate of drug-likeness (QED) is 0.860. The van der Waals surface area contributed by atoms with E-state index in [1.165, 1.54) is 0 Å². The lowest BCUT2D eigenvalue weighted by molar-refractivity contribution is -0.120. The number of rotatable bonds is 4. The predicted molar refractivity (Wildman–Crippen MR) is 96.1 cm³/mol. The van der Waals surface area contributed by atoms with Crippen molar-refractivity contribution in [3.63, 3.8) is 0 Å². The summed E-state index contributed by atoms with van der Waals surface area (Å²) in [4.78, 5) is 12.5. The fourth-order valence-electron chi connectivity index (χ4n) is 4.21. The third kappa shape index (κ3) is 2.85. The first-order valence-electron chi connectivity index (χ1n) is 9.15. The van der Waals surface area contributed by atoms with Crippen LogP contribution >= 0.6 is 0 Å². The van der Waals surface area contributed by atoms with Gasteiger partial charge < -0.3 is 14.8 Å². The minimum atomic E-state index is -0.107. The molecule has 1 aromatic heterocycles. The summed E-state index contributed by atoms with van der Waals surface area (Å²) in [5.41, 5.74) is 0.735. The largest absolute Gasteiger partial charge is 0.486 e. The van der Waals surface area contributed by atoms with E-state index in [0.29, 0.717) is 25.0 Å². The van der Waals surface area contributed by atoms with Gasteiger partial charge in [-0.3, -0.25) is 9.48 Å². The molecule has 4 atom stereocenters. The van der Waals surface area contributed by atoms with Crippen LogP contribution in [0.3, 0.4) is 0 Å². The zero-order chi connectivity index (χ0) is 17.5. The van der Waals surface area contributed by atoms with Crippen molar-refractivity contribution in [1.29, 1.82) is 0 Å². The highest BCUT2D eigenvalue weighted by Crippen LogP contribution is 2.43. The molecule has 1 aromatic carbocycles. The van der Waals surface area contributed by atoms with Crippen molar-refractivity contribution in [3.05, 3.63) is 48.8 Å². The number of benzene rings is 1. The normalized spacial score (nSPS) is 28.3. The van der Waals surface area contributed by atoms with E-state index < -0.39 is 0 Å². The van der Waals surface area contributed by atoms with Crippen molar-refractivity contribution in [3.8, 4) is 11.5 Å². The number of ether oxygens (including phenoxy) is 2. The molecular weight excluding hydrogens is 330 g/mol. The van der Waals surface area contributed by atoms with Crippen LogP contribution < -0.4 is 14.8 Å². The third-order valence-electron chi connectivity index (χ3n) is 5.47. The van der Waals surface area contributed by atoms with E-state index in [1.54, 1.807) is 10.9 Å². The van der Waals surface area contributed by atoms with Gasteiger partial charge in [0.2, 0.25) is 5.91 Å². The molecular formula is C20H21N3O3. The Morgan fingerprint density at radius 2 is 2.12 bits per heavy atom. The number of aromatic nitrogens is 2. The standard InChI is InChI=1S/C20H21N3O3/c24-20(17-8-13-5-6-14(17)7-13)22-15-9-21-23(10-15)11-16-12-25-18-3-1-2-4-19(18)26-16/h1-6,9-10,13-14,16-17H,7-8,11-12H2,(H,22,24). The van der Waals surface area contributed by atoms with Gasteiger partial charge in [-0.15, -0.1) is 0 Å². The van der Waals surface area contributed by atoms with Crippen molar-refractivity contribution in [2.24, 2.45) is 17.8 Å². The van der Waals surface area contributed by atoms with E-state index in [4.69, 9.17) is 9.47 Å². The van der Waals surface area contributed by atoms with Crippen LogP contribution in [0.5, 0.6) is 11.5 Å². The molecule has 0 radical (unpaired) electrons. The number of nitrogens with zero attached hydrogens (tertiary/aromatic N) is 2. The van der Waals surface area contributed by atoms with Crippen molar-refractivity contribution in [2.75, 3.05) is 11.9 Å². The number of anilines is 1. The molecule has 1 amide bonds. The van der Waals surface area contributed by atoms with Gasteiger partial charge in [0.25, 0.3) is 0 Å². The number of hydrogen-bond donors (Lipinski definition) is 1. The highest BCUT2D eigenvalue weighted by Gasteiger charge is 2.39. The number of allylic oxidation sites excluding steroid dienone is 2. The molecule has 2 aliphatic carbocycles. The van der Waals surface area contributed by atoms with Crippen molar-refractivity contribution >= 4 is 11.6 Å². The van der Waals surface area contributed by atoms with E-state index in [1.807, 2.05) is 30.5 Å². The van der Waals surface area contributed by atoms with Crippen molar-refractivity contribution in [1.82, 2.24) is 9.78 Å². The molecule has 1 fully saturated rings. The van der Waals surface area contributed by atoms with E-state index in [2.05, 4.69) is 22.6 Å². The topological polar surface area (TPSA) is 65.4 Å². The monoisotopic (exact) mass is 351 g/mol.